The lowest BCUT2D eigenvalue weighted by Gasteiger charge is -2.35. The lowest BCUT2D eigenvalue weighted by Crippen LogP contribution is -2.46. The highest BCUT2D eigenvalue weighted by atomic mass is 16.3. The van der Waals surface area contributed by atoms with E-state index in [1.807, 2.05) is 6.92 Å². The zero-order valence-electron chi connectivity index (χ0n) is 9.61. The maximum Gasteiger partial charge on any atom is 0.0664 e. The molecular formula is C11H24N2O. The monoisotopic (exact) mass is 200 g/mol. The fourth-order valence-electron chi connectivity index (χ4n) is 2.47. The first-order valence-electron chi connectivity index (χ1n) is 5.68. The van der Waals surface area contributed by atoms with Crippen LogP contribution in [-0.4, -0.2) is 41.8 Å². The Morgan fingerprint density at radius 3 is 2.57 bits per heavy atom. The number of rotatable bonds is 4. The Labute approximate surface area is 87.3 Å². The number of hydrogen-bond donors (Lipinski definition) is 2. The van der Waals surface area contributed by atoms with Gasteiger partial charge in [-0.15, -0.1) is 0 Å². The Kier molecular flexibility index (Phi) is 4.35. The fraction of sp³-hybridized carbons (Fsp3) is 1.00. The van der Waals surface area contributed by atoms with E-state index >= 15 is 0 Å². The molecule has 1 aliphatic rings. The van der Waals surface area contributed by atoms with Gasteiger partial charge >= 0.3 is 0 Å². The Morgan fingerprint density at radius 2 is 2.07 bits per heavy atom. The molecule has 3 N–H and O–H groups in total. The zero-order valence-corrected chi connectivity index (χ0v) is 9.61. The van der Waals surface area contributed by atoms with Gasteiger partial charge in [0, 0.05) is 12.1 Å². The predicted octanol–water partition coefficient (Wildman–Crippen LogP) is 0.815. The van der Waals surface area contributed by atoms with Crippen LogP contribution in [0.4, 0.5) is 0 Å². The van der Waals surface area contributed by atoms with Gasteiger partial charge in [0.25, 0.3) is 0 Å². The number of nitrogens with zero attached hydrogens (tertiary/aromatic N) is 1. The van der Waals surface area contributed by atoms with Gasteiger partial charge in [0.05, 0.1) is 6.10 Å². The summed E-state index contributed by atoms with van der Waals surface area (Å²) >= 11 is 0. The van der Waals surface area contributed by atoms with E-state index in [2.05, 4.69) is 18.9 Å². The maximum atomic E-state index is 9.54. The van der Waals surface area contributed by atoms with E-state index in [4.69, 9.17) is 5.73 Å². The molecule has 84 valence electrons. The van der Waals surface area contributed by atoms with E-state index in [1.54, 1.807) is 0 Å². The van der Waals surface area contributed by atoms with Crippen molar-refractivity contribution in [2.45, 2.75) is 51.3 Å². The van der Waals surface area contributed by atoms with Crippen molar-refractivity contribution in [1.29, 1.82) is 0 Å². The molecule has 3 heteroatoms. The summed E-state index contributed by atoms with van der Waals surface area (Å²) < 4.78 is 0. The smallest absolute Gasteiger partial charge is 0.0664 e. The third kappa shape index (κ3) is 2.47. The number of likely N-dealkylation sites (N-methyl/N-ethyl adjacent to an activating group) is 1. The minimum atomic E-state index is -0.265. The average molecular weight is 200 g/mol. The topological polar surface area (TPSA) is 49.5 Å². The summed E-state index contributed by atoms with van der Waals surface area (Å²) in [7, 11) is 2.11. The van der Waals surface area contributed by atoms with E-state index in [-0.39, 0.29) is 12.1 Å². The van der Waals surface area contributed by atoms with Gasteiger partial charge in [-0.25, -0.2) is 0 Å². The summed E-state index contributed by atoms with van der Waals surface area (Å²) in [6.07, 6.45) is 3.50. The maximum absolute atomic E-state index is 9.54. The molecule has 4 atom stereocenters. The molecule has 0 radical (unpaired) electrons. The predicted molar refractivity (Wildman–Crippen MR) is 59.1 cm³/mol. The highest BCUT2D eigenvalue weighted by Gasteiger charge is 2.32. The van der Waals surface area contributed by atoms with Crippen LogP contribution < -0.4 is 5.73 Å². The van der Waals surface area contributed by atoms with Gasteiger partial charge in [-0.05, 0) is 46.2 Å². The fourth-order valence-corrected chi connectivity index (χ4v) is 2.47. The molecule has 4 unspecified atom stereocenters. The lowest BCUT2D eigenvalue weighted by atomic mass is 10.0. The van der Waals surface area contributed by atoms with Crippen molar-refractivity contribution in [3.8, 4) is 0 Å². The lowest BCUT2D eigenvalue weighted by molar-refractivity contribution is 0.0509. The summed E-state index contributed by atoms with van der Waals surface area (Å²) in [6, 6.07) is 0.803. The molecular weight excluding hydrogens is 176 g/mol. The van der Waals surface area contributed by atoms with Gasteiger partial charge in [-0.1, -0.05) is 6.42 Å². The van der Waals surface area contributed by atoms with Gasteiger partial charge in [0.15, 0.2) is 0 Å². The van der Waals surface area contributed by atoms with E-state index in [9.17, 15) is 5.11 Å². The molecule has 1 saturated carbocycles. The van der Waals surface area contributed by atoms with Crippen LogP contribution in [0.2, 0.25) is 0 Å². The SMILES string of the molecule is CC(O)C(C)N(C)C1CCCC1CN. The molecule has 0 aromatic heterocycles. The normalized spacial score (nSPS) is 32.1. The summed E-state index contributed by atoms with van der Waals surface area (Å²) in [4.78, 5) is 2.30. The van der Waals surface area contributed by atoms with E-state index in [0.717, 1.165) is 6.54 Å². The van der Waals surface area contributed by atoms with Crippen molar-refractivity contribution in [2.75, 3.05) is 13.6 Å². The molecule has 0 bridgehead atoms. The van der Waals surface area contributed by atoms with Gasteiger partial charge in [0.1, 0.15) is 0 Å². The first kappa shape index (κ1) is 12.0. The van der Waals surface area contributed by atoms with Crippen LogP contribution in [0.3, 0.4) is 0 Å². The minimum absolute atomic E-state index is 0.229. The summed E-state index contributed by atoms with van der Waals surface area (Å²) in [6.45, 7) is 4.71. The first-order valence-corrected chi connectivity index (χ1v) is 5.68. The Hall–Kier alpha value is -0.120. The molecule has 1 fully saturated rings. The minimum Gasteiger partial charge on any atom is -0.392 e. The molecule has 1 aliphatic carbocycles. The van der Waals surface area contributed by atoms with E-state index < -0.39 is 0 Å². The quantitative estimate of drug-likeness (QED) is 0.706. The van der Waals surface area contributed by atoms with Gasteiger partial charge in [0.2, 0.25) is 0 Å². The Bertz CT molecular complexity index is 173. The van der Waals surface area contributed by atoms with Crippen molar-refractivity contribution < 1.29 is 5.11 Å². The molecule has 0 aliphatic heterocycles. The second-order valence-electron chi connectivity index (χ2n) is 4.64. The standard InChI is InChI=1S/C11H24N2O/c1-8(9(2)14)13(3)11-6-4-5-10(11)7-12/h8-11,14H,4-7,12H2,1-3H3. The van der Waals surface area contributed by atoms with Crippen LogP contribution in [0.25, 0.3) is 0 Å². The van der Waals surface area contributed by atoms with Crippen molar-refractivity contribution >= 4 is 0 Å². The van der Waals surface area contributed by atoms with Crippen LogP contribution in [0.1, 0.15) is 33.1 Å². The molecule has 0 aromatic carbocycles. The third-order valence-corrected chi connectivity index (χ3v) is 3.79. The van der Waals surface area contributed by atoms with Crippen molar-refractivity contribution in [3.05, 3.63) is 0 Å². The van der Waals surface area contributed by atoms with Gasteiger partial charge in [-0.2, -0.15) is 0 Å². The summed E-state index contributed by atoms with van der Waals surface area (Å²) in [5.41, 5.74) is 5.75. The molecule has 1 rings (SSSR count). The van der Waals surface area contributed by atoms with Crippen LogP contribution in [-0.2, 0) is 0 Å². The molecule has 0 spiro atoms. The molecule has 0 amide bonds. The van der Waals surface area contributed by atoms with E-state index in [0.29, 0.717) is 12.0 Å². The van der Waals surface area contributed by atoms with Crippen LogP contribution in [0.15, 0.2) is 0 Å². The Morgan fingerprint density at radius 1 is 1.43 bits per heavy atom. The molecule has 3 nitrogen and oxygen atoms in total. The van der Waals surface area contributed by atoms with Crippen molar-refractivity contribution in [2.24, 2.45) is 11.7 Å². The van der Waals surface area contributed by atoms with E-state index in [1.165, 1.54) is 19.3 Å². The molecule has 0 heterocycles. The second-order valence-corrected chi connectivity index (χ2v) is 4.64. The van der Waals surface area contributed by atoms with Crippen LogP contribution in [0, 0.1) is 5.92 Å². The highest BCUT2D eigenvalue weighted by molar-refractivity contribution is 4.87. The first-order chi connectivity index (χ1) is 6.57. The Balaban J connectivity index is 2.54. The average Bonchev–Trinajstić information content (AvgIpc) is 2.62. The third-order valence-electron chi connectivity index (χ3n) is 3.79. The van der Waals surface area contributed by atoms with Crippen molar-refractivity contribution in [1.82, 2.24) is 4.90 Å². The molecule has 0 saturated heterocycles. The summed E-state index contributed by atoms with van der Waals surface area (Å²) in [5.74, 6) is 0.626. The second kappa shape index (κ2) is 5.10. The van der Waals surface area contributed by atoms with Crippen LogP contribution >= 0.6 is 0 Å². The highest BCUT2D eigenvalue weighted by Crippen LogP contribution is 2.29. The number of nitrogens with two attached hydrogens (primary N) is 1. The zero-order chi connectivity index (χ0) is 10.7. The van der Waals surface area contributed by atoms with Gasteiger partial charge < -0.3 is 10.8 Å². The largest absolute Gasteiger partial charge is 0.392 e. The summed E-state index contributed by atoms with van der Waals surface area (Å²) in [5, 5.41) is 9.54. The number of aliphatic hydroxyl groups excluding tert-OH is 1. The number of aliphatic hydroxyl groups is 1. The molecule has 14 heavy (non-hydrogen) atoms. The van der Waals surface area contributed by atoms with Crippen LogP contribution in [0.5, 0.6) is 0 Å². The molecule has 0 aromatic rings. The number of hydrogen-bond acceptors (Lipinski definition) is 3. The van der Waals surface area contributed by atoms with Crippen molar-refractivity contribution in [3.63, 3.8) is 0 Å². The van der Waals surface area contributed by atoms with Gasteiger partial charge in [-0.3, -0.25) is 4.90 Å².